The zero-order valence-electron chi connectivity index (χ0n) is 14.7. The van der Waals surface area contributed by atoms with Crippen molar-refractivity contribution in [3.05, 3.63) is 0 Å². The Morgan fingerprint density at radius 1 is 1.00 bits per heavy atom. The van der Waals surface area contributed by atoms with Crippen molar-refractivity contribution in [2.75, 3.05) is 46.8 Å². The fraction of sp³-hybridized carbons (Fsp3) is 1.00. The van der Waals surface area contributed by atoms with Crippen LogP contribution < -0.4 is 5.32 Å². The molecule has 0 aromatic carbocycles. The Labute approximate surface area is 132 Å². The molecule has 2 fully saturated rings. The Kier molecular flexibility index (Phi) is 6.97. The summed E-state index contributed by atoms with van der Waals surface area (Å²) in [4.78, 5) is 5.05. The van der Waals surface area contributed by atoms with E-state index in [1.807, 2.05) is 0 Å². The molecule has 0 atom stereocenters. The van der Waals surface area contributed by atoms with Gasteiger partial charge in [0.1, 0.15) is 0 Å². The minimum atomic E-state index is 0.558. The molecule has 0 spiro atoms. The standard InChI is InChI=1S/C18H37N3/c1-4-12-21(14-13-20(2)3)16-18(10-6-5-7-11-18)15-19-17-8-9-17/h17,19H,4-16H2,1-3H3. The van der Waals surface area contributed by atoms with E-state index >= 15 is 0 Å². The van der Waals surface area contributed by atoms with E-state index in [9.17, 15) is 0 Å². The minimum Gasteiger partial charge on any atom is -0.313 e. The molecule has 0 radical (unpaired) electrons. The lowest BCUT2D eigenvalue weighted by atomic mass is 9.73. The average Bonchev–Trinajstić information content (AvgIpc) is 3.28. The molecule has 0 aromatic heterocycles. The highest BCUT2D eigenvalue weighted by molar-refractivity contribution is 4.91. The van der Waals surface area contributed by atoms with E-state index in [2.05, 4.69) is 36.1 Å². The summed E-state index contributed by atoms with van der Waals surface area (Å²) in [5.41, 5.74) is 0.558. The average molecular weight is 296 g/mol. The van der Waals surface area contributed by atoms with Crippen LogP contribution in [-0.4, -0.2) is 62.7 Å². The molecule has 0 unspecified atom stereocenters. The van der Waals surface area contributed by atoms with Gasteiger partial charge in [-0.2, -0.15) is 0 Å². The third-order valence-electron chi connectivity index (χ3n) is 5.22. The number of likely N-dealkylation sites (N-methyl/N-ethyl adjacent to an activating group) is 1. The van der Waals surface area contributed by atoms with E-state index in [1.54, 1.807) is 0 Å². The van der Waals surface area contributed by atoms with Crippen molar-refractivity contribution in [1.82, 2.24) is 15.1 Å². The van der Waals surface area contributed by atoms with Gasteiger partial charge in [-0.05, 0) is 58.2 Å². The highest BCUT2D eigenvalue weighted by Gasteiger charge is 2.35. The summed E-state index contributed by atoms with van der Waals surface area (Å²) in [6, 6.07) is 0.852. The summed E-state index contributed by atoms with van der Waals surface area (Å²) in [5, 5.41) is 3.84. The van der Waals surface area contributed by atoms with Crippen molar-refractivity contribution < 1.29 is 0 Å². The maximum absolute atomic E-state index is 3.84. The van der Waals surface area contributed by atoms with E-state index in [4.69, 9.17) is 0 Å². The predicted octanol–water partition coefficient (Wildman–Crippen LogP) is 2.96. The zero-order valence-corrected chi connectivity index (χ0v) is 14.7. The number of rotatable bonds is 10. The van der Waals surface area contributed by atoms with Crippen molar-refractivity contribution in [2.45, 2.75) is 64.3 Å². The molecule has 124 valence electrons. The van der Waals surface area contributed by atoms with E-state index in [0.29, 0.717) is 5.41 Å². The second kappa shape index (κ2) is 8.50. The molecule has 21 heavy (non-hydrogen) atoms. The molecule has 2 rings (SSSR count). The van der Waals surface area contributed by atoms with Crippen molar-refractivity contribution in [2.24, 2.45) is 5.41 Å². The van der Waals surface area contributed by atoms with Crippen LogP contribution in [-0.2, 0) is 0 Å². The lowest BCUT2D eigenvalue weighted by Gasteiger charge is -2.42. The Morgan fingerprint density at radius 3 is 2.29 bits per heavy atom. The van der Waals surface area contributed by atoms with Crippen molar-refractivity contribution in [1.29, 1.82) is 0 Å². The quantitative estimate of drug-likeness (QED) is 0.668. The van der Waals surface area contributed by atoms with E-state index < -0.39 is 0 Å². The third kappa shape index (κ3) is 6.25. The third-order valence-corrected chi connectivity index (χ3v) is 5.22. The Hall–Kier alpha value is -0.120. The molecule has 2 saturated carbocycles. The molecule has 0 aliphatic heterocycles. The van der Waals surface area contributed by atoms with Crippen molar-refractivity contribution in [3.8, 4) is 0 Å². The summed E-state index contributed by atoms with van der Waals surface area (Å²) in [6.45, 7) is 8.57. The Morgan fingerprint density at radius 2 is 1.71 bits per heavy atom. The second-order valence-corrected chi connectivity index (χ2v) is 7.80. The van der Waals surface area contributed by atoms with Gasteiger partial charge in [0, 0.05) is 32.2 Å². The van der Waals surface area contributed by atoms with Gasteiger partial charge < -0.3 is 15.1 Å². The molecule has 0 saturated heterocycles. The zero-order chi connectivity index (χ0) is 15.1. The molecule has 0 amide bonds. The van der Waals surface area contributed by atoms with Crippen LogP contribution in [0, 0.1) is 5.41 Å². The maximum Gasteiger partial charge on any atom is 0.0109 e. The molecule has 2 aliphatic rings. The van der Waals surface area contributed by atoms with Crippen LogP contribution in [0.25, 0.3) is 0 Å². The molecule has 2 aliphatic carbocycles. The van der Waals surface area contributed by atoms with Gasteiger partial charge >= 0.3 is 0 Å². The Balaban J connectivity index is 1.89. The van der Waals surface area contributed by atoms with Gasteiger partial charge in [-0.15, -0.1) is 0 Å². The van der Waals surface area contributed by atoms with Gasteiger partial charge in [0.15, 0.2) is 0 Å². The van der Waals surface area contributed by atoms with Crippen LogP contribution in [0.3, 0.4) is 0 Å². The van der Waals surface area contributed by atoms with Gasteiger partial charge in [-0.3, -0.25) is 0 Å². The van der Waals surface area contributed by atoms with Gasteiger partial charge in [-0.25, -0.2) is 0 Å². The SMILES string of the molecule is CCCN(CCN(C)C)CC1(CNC2CC2)CCCCC1. The molecular formula is C18H37N3. The number of nitrogens with one attached hydrogen (secondary N) is 1. The Bertz CT molecular complexity index is 280. The molecule has 0 heterocycles. The van der Waals surface area contributed by atoms with E-state index in [1.165, 1.54) is 84.1 Å². The lowest BCUT2D eigenvalue weighted by Crippen LogP contribution is -2.47. The van der Waals surface area contributed by atoms with Crippen LogP contribution in [0.4, 0.5) is 0 Å². The van der Waals surface area contributed by atoms with E-state index in [0.717, 1.165) is 6.04 Å². The highest BCUT2D eigenvalue weighted by atomic mass is 15.2. The van der Waals surface area contributed by atoms with Gasteiger partial charge in [0.25, 0.3) is 0 Å². The molecule has 1 N–H and O–H groups in total. The topological polar surface area (TPSA) is 18.5 Å². The van der Waals surface area contributed by atoms with Crippen LogP contribution in [0.15, 0.2) is 0 Å². The number of nitrogens with zero attached hydrogens (tertiary/aromatic N) is 2. The molecule has 0 bridgehead atoms. The van der Waals surface area contributed by atoms with Crippen LogP contribution in [0.5, 0.6) is 0 Å². The summed E-state index contributed by atoms with van der Waals surface area (Å²) in [6.07, 6.45) is 11.3. The molecular weight excluding hydrogens is 258 g/mol. The summed E-state index contributed by atoms with van der Waals surface area (Å²) >= 11 is 0. The van der Waals surface area contributed by atoms with Crippen molar-refractivity contribution in [3.63, 3.8) is 0 Å². The predicted molar refractivity (Wildman–Crippen MR) is 91.8 cm³/mol. The maximum atomic E-state index is 3.84. The first-order valence-corrected chi connectivity index (χ1v) is 9.24. The first-order valence-electron chi connectivity index (χ1n) is 9.24. The monoisotopic (exact) mass is 295 g/mol. The fourth-order valence-corrected chi connectivity index (χ4v) is 3.74. The molecule has 3 nitrogen and oxygen atoms in total. The minimum absolute atomic E-state index is 0.558. The summed E-state index contributed by atoms with van der Waals surface area (Å²) < 4.78 is 0. The van der Waals surface area contributed by atoms with Gasteiger partial charge in [-0.1, -0.05) is 26.2 Å². The van der Waals surface area contributed by atoms with E-state index in [-0.39, 0.29) is 0 Å². The second-order valence-electron chi connectivity index (χ2n) is 7.80. The number of hydrogen-bond acceptors (Lipinski definition) is 3. The largest absolute Gasteiger partial charge is 0.313 e. The van der Waals surface area contributed by atoms with Gasteiger partial charge in [0.05, 0.1) is 0 Å². The smallest absolute Gasteiger partial charge is 0.0109 e. The first kappa shape index (κ1) is 17.2. The summed E-state index contributed by atoms with van der Waals surface area (Å²) in [5.74, 6) is 0. The first-order chi connectivity index (χ1) is 10.1. The van der Waals surface area contributed by atoms with Crippen molar-refractivity contribution >= 4 is 0 Å². The summed E-state index contributed by atoms with van der Waals surface area (Å²) in [7, 11) is 4.38. The molecule has 0 aromatic rings. The van der Waals surface area contributed by atoms with Crippen LogP contribution in [0.2, 0.25) is 0 Å². The lowest BCUT2D eigenvalue weighted by molar-refractivity contribution is 0.0968. The van der Waals surface area contributed by atoms with Gasteiger partial charge in [0.2, 0.25) is 0 Å². The fourth-order valence-electron chi connectivity index (χ4n) is 3.74. The molecule has 3 heteroatoms. The highest BCUT2D eigenvalue weighted by Crippen LogP contribution is 2.37. The van der Waals surface area contributed by atoms with Crippen LogP contribution >= 0.6 is 0 Å². The number of hydrogen-bond donors (Lipinski definition) is 1. The van der Waals surface area contributed by atoms with Crippen LogP contribution in [0.1, 0.15) is 58.3 Å². The normalized spacial score (nSPS) is 22.1.